The Labute approximate surface area is 249 Å². The SMILES string of the molecule is Cc1ccc(CCNC(=O)C(Cc2c[nH]c3ccccc23)NC(=O)c2cccc(-c3cc(O)c4ncccc4c3)c2)cc1. The van der Waals surface area contributed by atoms with Gasteiger partial charge in [-0.05, 0) is 72.0 Å². The molecule has 2 amide bonds. The van der Waals surface area contributed by atoms with Gasteiger partial charge >= 0.3 is 0 Å². The summed E-state index contributed by atoms with van der Waals surface area (Å²) in [4.78, 5) is 34.6. The van der Waals surface area contributed by atoms with Gasteiger partial charge in [0.15, 0.2) is 0 Å². The lowest BCUT2D eigenvalue weighted by Crippen LogP contribution is -2.48. The minimum absolute atomic E-state index is 0.0732. The Kier molecular flexibility index (Phi) is 7.87. The molecule has 0 saturated heterocycles. The van der Waals surface area contributed by atoms with Crippen molar-refractivity contribution >= 4 is 33.6 Å². The summed E-state index contributed by atoms with van der Waals surface area (Å²) < 4.78 is 0. The highest BCUT2D eigenvalue weighted by Gasteiger charge is 2.23. The van der Waals surface area contributed by atoms with Crippen LogP contribution in [0.5, 0.6) is 5.75 Å². The first-order valence-corrected chi connectivity index (χ1v) is 14.3. The number of phenols is 1. The van der Waals surface area contributed by atoms with Crippen LogP contribution in [0.4, 0.5) is 0 Å². The van der Waals surface area contributed by atoms with Crippen molar-refractivity contribution in [2.45, 2.75) is 25.8 Å². The van der Waals surface area contributed by atoms with Crippen LogP contribution in [-0.2, 0) is 17.6 Å². The molecule has 214 valence electrons. The number of carbonyl (C=O) groups excluding carboxylic acids is 2. The molecule has 7 heteroatoms. The molecule has 2 heterocycles. The van der Waals surface area contributed by atoms with Crippen LogP contribution in [0.2, 0.25) is 0 Å². The molecule has 0 saturated carbocycles. The quantitative estimate of drug-likeness (QED) is 0.169. The maximum absolute atomic E-state index is 13.6. The summed E-state index contributed by atoms with van der Waals surface area (Å²) in [7, 11) is 0. The molecular weight excluding hydrogens is 536 g/mol. The van der Waals surface area contributed by atoms with Gasteiger partial charge in [0.05, 0.1) is 0 Å². The minimum atomic E-state index is -0.788. The number of carbonyl (C=O) groups is 2. The molecule has 4 N–H and O–H groups in total. The Hall–Kier alpha value is -5.43. The number of hydrogen-bond donors (Lipinski definition) is 4. The van der Waals surface area contributed by atoms with E-state index in [1.54, 1.807) is 30.5 Å². The Morgan fingerprint density at radius 1 is 0.907 bits per heavy atom. The lowest BCUT2D eigenvalue weighted by Gasteiger charge is -2.19. The minimum Gasteiger partial charge on any atom is -0.506 e. The molecule has 6 aromatic rings. The molecule has 0 fully saturated rings. The van der Waals surface area contributed by atoms with Crippen molar-refractivity contribution in [3.63, 3.8) is 0 Å². The fraction of sp³-hybridized carbons (Fsp3) is 0.139. The van der Waals surface area contributed by atoms with Gasteiger partial charge in [-0.25, -0.2) is 0 Å². The van der Waals surface area contributed by atoms with Crippen molar-refractivity contribution in [1.29, 1.82) is 0 Å². The number of nitrogens with zero attached hydrogens (tertiary/aromatic N) is 1. The number of para-hydroxylation sites is 1. The Bertz CT molecular complexity index is 1930. The summed E-state index contributed by atoms with van der Waals surface area (Å²) >= 11 is 0. The number of amides is 2. The first-order valence-electron chi connectivity index (χ1n) is 14.3. The molecule has 1 unspecified atom stereocenters. The number of pyridine rings is 1. The normalized spacial score (nSPS) is 11.8. The maximum atomic E-state index is 13.6. The Balaban J connectivity index is 1.23. The second kappa shape index (κ2) is 12.2. The van der Waals surface area contributed by atoms with E-state index in [4.69, 9.17) is 0 Å². The molecule has 4 aromatic carbocycles. The van der Waals surface area contributed by atoms with Gasteiger partial charge in [-0.3, -0.25) is 14.6 Å². The zero-order valence-electron chi connectivity index (χ0n) is 23.8. The molecule has 0 aliphatic rings. The largest absolute Gasteiger partial charge is 0.506 e. The molecule has 0 bridgehead atoms. The van der Waals surface area contributed by atoms with Gasteiger partial charge in [-0.15, -0.1) is 0 Å². The number of rotatable bonds is 9. The van der Waals surface area contributed by atoms with E-state index in [-0.39, 0.29) is 17.6 Å². The molecule has 0 radical (unpaired) electrons. The highest BCUT2D eigenvalue weighted by Crippen LogP contribution is 2.31. The summed E-state index contributed by atoms with van der Waals surface area (Å²) in [5.74, 6) is -0.523. The summed E-state index contributed by atoms with van der Waals surface area (Å²) in [5.41, 5.74) is 6.71. The molecule has 0 spiro atoms. The third kappa shape index (κ3) is 6.26. The van der Waals surface area contributed by atoms with Gasteiger partial charge < -0.3 is 20.7 Å². The number of aromatic hydroxyl groups is 1. The van der Waals surface area contributed by atoms with E-state index >= 15 is 0 Å². The van der Waals surface area contributed by atoms with Gasteiger partial charge in [0, 0.05) is 47.2 Å². The summed E-state index contributed by atoms with van der Waals surface area (Å²) in [6.45, 7) is 2.50. The molecule has 6 rings (SSSR count). The number of benzene rings is 4. The van der Waals surface area contributed by atoms with Crippen molar-refractivity contribution in [3.05, 3.63) is 132 Å². The summed E-state index contributed by atoms with van der Waals surface area (Å²) in [6.07, 6.45) is 4.55. The molecule has 0 aliphatic carbocycles. The average molecular weight is 569 g/mol. The Morgan fingerprint density at radius 2 is 1.74 bits per heavy atom. The van der Waals surface area contributed by atoms with Crippen LogP contribution in [0, 0.1) is 6.92 Å². The smallest absolute Gasteiger partial charge is 0.251 e. The average Bonchev–Trinajstić information content (AvgIpc) is 3.44. The molecule has 0 aliphatic heterocycles. The standard InChI is InChI=1S/C36H32N4O3/c1-23-11-13-24(14-12-23)15-17-38-36(43)32(20-29-22-39-31-10-3-2-9-30(29)31)40-35(42)27-7-4-6-25(18-27)28-19-26-8-5-16-37-34(26)33(41)21-28/h2-14,16,18-19,21-22,32,39,41H,15,17,20H2,1H3,(H,38,43)(H,40,42). The van der Waals surface area contributed by atoms with Crippen LogP contribution in [-0.4, -0.2) is 39.5 Å². The molecule has 1 atom stereocenters. The van der Waals surface area contributed by atoms with Gasteiger partial charge in [0.1, 0.15) is 17.3 Å². The number of aryl methyl sites for hydroxylation is 1. The lowest BCUT2D eigenvalue weighted by molar-refractivity contribution is -0.122. The van der Waals surface area contributed by atoms with Crippen molar-refractivity contribution in [2.75, 3.05) is 6.54 Å². The predicted octanol–water partition coefficient (Wildman–Crippen LogP) is 6.10. The number of hydrogen-bond acceptors (Lipinski definition) is 4. The lowest BCUT2D eigenvalue weighted by atomic mass is 9.99. The van der Waals surface area contributed by atoms with Crippen molar-refractivity contribution in [3.8, 4) is 16.9 Å². The molecule has 43 heavy (non-hydrogen) atoms. The van der Waals surface area contributed by atoms with E-state index < -0.39 is 6.04 Å². The first-order chi connectivity index (χ1) is 20.9. The van der Waals surface area contributed by atoms with Crippen LogP contribution in [0.3, 0.4) is 0 Å². The number of aromatic nitrogens is 2. The molecule has 2 aromatic heterocycles. The number of nitrogens with one attached hydrogen (secondary N) is 3. The van der Waals surface area contributed by atoms with Gasteiger partial charge in [-0.2, -0.15) is 0 Å². The van der Waals surface area contributed by atoms with Crippen LogP contribution in [0.1, 0.15) is 27.0 Å². The van der Waals surface area contributed by atoms with Crippen molar-refractivity contribution in [1.82, 2.24) is 20.6 Å². The number of fused-ring (bicyclic) bond motifs is 2. The fourth-order valence-corrected chi connectivity index (χ4v) is 5.36. The van der Waals surface area contributed by atoms with E-state index in [9.17, 15) is 14.7 Å². The van der Waals surface area contributed by atoms with Crippen molar-refractivity contribution < 1.29 is 14.7 Å². The number of aromatic amines is 1. The topological polar surface area (TPSA) is 107 Å². The molecule has 7 nitrogen and oxygen atoms in total. The van der Waals surface area contributed by atoms with E-state index in [0.29, 0.717) is 30.5 Å². The predicted molar refractivity (Wildman–Crippen MR) is 170 cm³/mol. The number of phenolic OH excluding ortho intramolecular Hbond substituents is 1. The zero-order valence-corrected chi connectivity index (χ0v) is 23.8. The van der Waals surface area contributed by atoms with Crippen LogP contribution in [0.25, 0.3) is 32.9 Å². The van der Waals surface area contributed by atoms with E-state index in [2.05, 4.69) is 44.9 Å². The summed E-state index contributed by atoms with van der Waals surface area (Å²) in [5, 5.41) is 18.4. The first kappa shape index (κ1) is 27.7. The van der Waals surface area contributed by atoms with Crippen molar-refractivity contribution in [2.24, 2.45) is 0 Å². The third-order valence-electron chi connectivity index (χ3n) is 7.70. The van der Waals surface area contributed by atoms with Gasteiger partial charge in [0.25, 0.3) is 5.91 Å². The monoisotopic (exact) mass is 568 g/mol. The van der Waals surface area contributed by atoms with E-state index in [1.165, 1.54) is 5.56 Å². The van der Waals surface area contributed by atoms with Crippen LogP contribution >= 0.6 is 0 Å². The Morgan fingerprint density at radius 3 is 2.60 bits per heavy atom. The highest BCUT2D eigenvalue weighted by atomic mass is 16.3. The van der Waals surface area contributed by atoms with E-state index in [0.717, 1.165) is 38.5 Å². The van der Waals surface area contributed by atoms with Gasteiger partial charge in [-0.1, -0.05) is 66.2 Å². The van der Waals surface area contributed by atoms with Gasteiger partial charge in [0.2, 0.25) is 5.91 Å². The third-order valence-corrected chi connectivity index (χ3v) is 7.70. The van der Waals surface area contributed by atoms with Crippen LogP contribution in [0.15, 0.2) is 109 Å². The second-order valence-electron chi connectivity index (χ2n) is 10.8. The highest BCUT2D eigenvalue weighted by molar-refractivity contribution is 5.99. The van der Waals surface area contributed by atoms with E-state index in [1.807, 2.05) is 61.7 Å². The second-order valence-corrected chi connectivity index (χ2v) is 10.8. The fourth-order valence-electron chi connectivity index (χ4n) is 5.36. The molecular formula is C36H32N4O3. The maximum Gasteiger partial charge on any atom is 0.251 e. The number of H-pyrrole nitrogens is 1. The van der Waals surface area contributed by atoms with Crippen LogP contribution < -0.4 is 10.6 Å². The zero-order chi connectivity index (χ0) is 29.8. The summed E-state index contributed by atoms with van der Waals surface area (Å²) in [6, 6.07) is 29.8.